The van der Waals surface area contributed by atoms with Gasteiger partial charge in [-0.1, -0.05) is 12.1 Å². The minimum absolute atomic E-state index is 0. The molecular weight excluding hydrogens is 432 g/mol. The SMILES string of the molecule is Fc1[c-]c(-c2nccc3sccc23)cc(F)c1.[Ir]. The van der Waals surface area contributed by atoms with E-state index < -0.39 is 11.6 Å². The summed E-state index contributed by atoms with van der Waals surface area (Å²) in [5.74, 6) is -1.33. The number of aromatic nitrogens is 1. The van der Waals surface area contributed by atoms with Gasteiger partial charge in [-0.2, -0.15) is 0 Å². The van der Waals surface area contributed by atoms with Gasteiger partial charge in [0.25, 0.3) is 0 Å². The van der Waals surface area contributed by atoms with Crippen molar-refractivity contribution >= 4 is 21.4 Å². The molecule has 0 aliphatic heterocycles. The van der Waals surface area contributed by atoms with Crippen molar-refractivity contribution in [3.8, 4) is 11.3 Å². The zero-order valence-electron chi connectivity index (χ0n) is 8.91. The van der Waals surface area contributed by atoms with Crippen LogP contribution in [-0.2, 0) is 20.1 Å². The van der Waals surface area contributed by atoms with E-state index in [4.69, 9.17) is 0 Å². The summed E-state index contributed by atoms with van der Waals surface area (Å²) in [5.41, 5.74) is 0.897. The van der Waals surface area contributed by atoms with Crippen molar-refractivity contribution < 1.29 is 28.9 Å². The predicted molar refractivity (Wildman–Crippen MR) is 63.8 cm³/mol. The van der Waals surface area contributed by atoms with Crippen molar-refractivity contribution in [2.75, 3.05) is 0 Å². The van der Waals surface area contributed by atoms with E-state index in [9.17, 15) is 8.78 Å². The summed E-state index contributed by atoms with van der Waals surface area (Å²) in [5, 5.41) is 2.81. The molecule has 0 aliphatic rings. The second-order valence-electron chi connectivity index (χ2n) is 3.55. The summed E-state index contributed by atoms with van der Waals surface area (Å²) in [6.45, 7) is 0. The maximum absolute atomic E-state index is 13.2. The molecule has 5 heteroatoms. The van der Waals surface area contributed by atoms with Crippen LogP contribution in [0, 0.1) is 17.7 Å². The van der Waals surface area contributed by atoms with Gasteiger partial charge in [-0.15, -0.1) is 29.0 Å². The van der Waals surface area contributed by atoms with Crippen LogP contribution in [0.1, 0.15) is 0 Å². The smallest absolute Gasteiger partial charge is 0.0446 e. The summed E-state index contributed by atoms with van der Waals surface area (Å²) in [4.78, 5) is 4.17. The van der Waals surface area contributed by atoms with E-state index in [0.717, 1.165) is 16.2 Å². The average Bonchev–Trinajstić information content (AvgIpc) is 2.75. The molecule has 0 atom stereocenters. The molecule has 2 aromatic heterocycles. The van der Waals surface area contributed by atoms with Gasteiger partial charge in [0, 0.05) is 42.6 Å². The molecule has 0 saturated heterocycles. The van der Waals surface area contributed by atoms with Gasteiger partial charge in [-0.05, 0) is 22.5 Å². The van der Waals surface area contributed by atoms with E-state index in [0.29, 0.717) is 11.3 Å². The fourth-order valence-corrected chi connectivity index (χ4v) is 2.52. The first kappa shape index (κ1) is 13.3. The van der Waals surface area contributed by atoms with E-state index in [1.54, 1.807) is 17.5 Å². The van der Waals surface area contributed by atoms with Crippen molar-refractivity contribution in [2.45, 2.75) is 0 Å². The van der Waals surface area contributed by atoms with E-state index in [1.807, 2.05) is 17.5 Å². The van der Waals surface area contributed by atoms with Crippen LogP contribution in [0.25, 0.3) is 21.3 Å². The molecule has 0 N–H and O–H groups in total. The van der Waals surface area contributed by atoms with Crippen molar-refractivity contribution in [1.82, 2.24) is 4.98 Å². The van der Waals surface area contributed by atoms with Crippen LogP contribution in [0.2, 0.25) is 0 Å². The van der Waals surface area contributed by atoms with Gasteiger partial charge >= 0.3 is 0 Å². The molecule has 18 heavy (non-hydrogen) atoms. The summed E-state index contributed by atoms with van der Waals surface area (Å²) in [6.07, 6.45) is 1.63. The maximum atomic E-state index is 13.2. The van der Waals surface area contributed by atoms with Crippen LogP contribution in [0.3, 0.4) is 0 Å². The molecule has 0 aliphatic carbocycles. The molecular formula is C13H6F2IrNS-. The van der Waals surface area contributed by atoms with Gasteiger partial charge in [0.15, 0.2) is 0 Å². The number of benzene rings is 1. The van der Waals surface area contributed by atoms with Crippen molar-refractivity contribution in [1.29, 1.82) is 0 Å². The second kappa shape index (κ2) is 5.22. The molecule has 2 heterocycles. The van der Waals surface area contributed by atoms with Gasteiger partial charge in [-0.3, -0.25) is 0 Å². The molecule has 93 valence electrons. The molecule has 0 saturated carbocycles. The van der Waals surface area contributed by atoms with Crippen LogP contribution >= 0.6 is 11.3 Å². The Morgan fingerprint density at radius 3 is 2.78 bits per heavy atom. The van der Waals surface area contributed by atoms with Crippen LogP contribution in [0.15, 0.2) is 35.8 Å². The second-order valence-corrected chi connectivity index (χ2v) is 4.50. The third-order valence-electron chi connectivity index (χ3n) is 2.44. The Balaban J connectivity index is 0.00000120. The summed E-state index contributed by atoms with van der Waals surface area (Å²) >= 11 is 1.56. The quantitative estimate of drug-likeness (QED) is 0.523. The molecule has 3 aromatic rings. The van der Waals surface area contributed by atoms with Gasteiger partial charge in [0.05, 0.1) is 0 Å². The summed E-state index contributed by atoms with van der Waals surface area (Å²) in [6, 6.07) is 8.29. The molecule has 1 aromatic carbocycles. The average molecular weight is 438 g/mol. The first-order chi connectivity index (χ1) is 8.24. The monoisotopic (exact) mass is 439 g/mol. The number of fused-ring (bicyclic) bond motifs is 1. The van der Waals surface area contributed by atoms with E-state index in [2.05, 4.69) is 11.1 Å². The number of halogens is 2. The van der Waals surface area contributed by atoms with Gasteiger partial charge in [0.1, 0.15) is 0 Å². The van der Waals surface area contributed by atoms with Gasteiger partial charge in [-0.25, -0.2) is 8.78 Å². The number of hydrogen-bond acceptors (Lipinski definition) is 2. The fraction of sp³-hybridized carbons (Fsp3) is 0. The van der Waals surface area contributed by atoms with E-state index >= 15 is 0 Å². The zero-order valence-corrected chi connectivity index (χ0v) is 12.1. The molecule has 1 radical (unpaired) electrons. The normalized spacial score (nSPS) is 10.3. The summed E-state index contributed by atoms with van der Waals surface area (Å²) in [7, 11) is 0. The zero-order chi connectivity index (χ0) is 11.8. The van der Waals surface area contributed by atoms with Crippen molar-refractivity contribution in [2.24, 2.45) is 0 Å². The Morgan fingerprint density at radius 2 is 2.00 bits per heavy atom. The largest absolute Gasteiger partial charge is 0.304 e. The van der Waals surface area contributed by atoms with Crippen LogP contribution in [0.5, 0.6) is 0 Å². The molecule has 1 nitrogen and oxygen atoms in total. The number of nitrogens with zero attached hydrogens (tertiary/aromatic N) is 1. The topological polar surface area (TPSA) is 12.9 Å². The summed E-state index contributed by atoms with van der Waals surface area (Å²) < 4.78 is 27.3. The molecule has 0 unspecified atom stereocenters. The molecule has 3 rings (SSSR count). The van der Waals surface area contributed by atoms with E-state index in [1.165, 1.54) is 6.07 Å². The van der Waals surface area contributed by atoms with Crippen molar-refractivity contribution in [3.05, 3.63) is 53.5 Å². The molecule has 0 amide bonds. The predicted octanol–water partition coefficient (Wildman–Crippen LogP) is 4.04. The fourth-order valence-electron chi connectivity index (χ4n) is 1.74. The van der Waals surface area contributed by atoms with Gasteiger partial charge < -0.3 is 4.98 Å². The minimum Gasteiger partial charge on any atom is -0.304 e. The Kier molecular flexibility index (Phi) is 3.85. The first-order valence-electron chi connectivity index (χ1n) is 4.95. The maximum Gasteiger partial charge on any atom is 0.0446 e. The third kappa shape index (κ3) is 2.34. The number of rotatable bonds is 1. The molecule has 0 fully saturated rings. The molecule has 0 bridgehead atoms. The Morgan fingerprint density at radius 1 is 1.17 bits per heavy atom. The number of thiophene rings is 1. The van der Waals surface area contributed by atoms with Crippen LogP contribution in [0.4, 0.5) is 8.78 Å². The Hall–Kier alpha value is -1.16. The minimum atomic E-state index is -0.714. The van der Waals surface area contributed by atoms with Crippen molar-refractivity contribution in [3.63, 3.8) is 0 Å². The third-order valence-corrected chi connectivity index (χ3v) is 3.32. The standard InChI is InChI=1S/C13H6F2NS.Ir/c14-9-5-8(6-10(15)7-9)13-11-2-4-17-12(11)1-3-16-13;/h1-5,7H;/q-1;. The van der Waals surface area contributed by atoms with Crippen LogP contribution in [-0.4, -0.2) is 4.98 Å². The number of hydrogen-bond donors (Lipinski definition) is 0. The van der Waals surface area contributed by atoms with E-state index in [-0.39, 0.29) is 20.1 Å². The van der Waals surface area contributed by atoms with Gasteiger partial charge in [0.2, 0.25) is 0 Å². The van der Waals surface area contributed by atoms with Crippen LogP contribution < -0.4 is 0 Å². The number of pyridine rings is 1. The molecule has 0 spiro atoms. The Labute approximate surface area is 120 Å². The first-order valence-corrected chi connectivity index (χ1v) is 5.83. The Bertz CT molecular complexity index is 676.